The first kappa shape index (κ1) is 34.0. The Labute approximate surface area is 278 Å². The maximum absolute atomic E-state index is 10.8. The number of carboxylic acid groups (broad SMARTS) is 1. The van der Waals surface area contributed by atoms with E-state index in [1.807, 2.05) is 18.3 Å². The Kier molecular flexibility index (Phi) is 10.3. The van der Waals surface area contributed by atoms with Crippen LogP contribution in [0.2, 0.25) is 5.15 Å². The fourth-order valence-electron chi connectivity index (χ4n) is 4.52. The molecule has 2 aliphatic carbocycles. The number of methoxy groups -OCH3 is 1. The second-order valence-corrected chi connectivity index (χ2v) is 12.8. The van der Waals surface area contributed by atoms with Crippen molar-refractivity contribution in [2.45, 2.75) is 76.4 Å². The maximum atomic E-state index is 10.8. The highest BCUT2D eigenvalue weighted by molar-refractivity contribution is 6.62. The standard InChI is InChI=1S/C14H20BNO2.C13H11N3O2.C6H5ClN2O2/c1-13(2)14(3,4)18-15(17-13)11-7-8-12(16-9-11)10-5-6-10;17-13(18)12-5-11(15-7-16-12)9-3-4-10(14-6-9)8-1-2-8;1-11-6(10)4-2-5(7)9-3-8-4/h7-10H,5-6H2,1-4H3;3-8H,1-2H2,(H,17,18);2-3H,1H3. The normalized spacial score (nSPS) is 17.4. The van der Waals surface area contributed by atoms with Crippen molar-refractivity contribution in [2.24, 2.45) is 0 Å². The van der Waals surface area contributed by atoms with Crippen molar-refractivity contribution in [1.29, 1.82) is 0 Å². The third kappa shape index (κ3) is 8.73. The van der Waals surface area contributed by atoms with E-state index in [1.54, 1.807) is 6.20 Å². The number of aromatic nitrogens is 6. The zero-order valence-electron chi connectivity index (χ0n) is 26.9. The van der Waals surface area contributed by atoms with Gasteiger partial charge in [-0.25, -0.2) is 29.5 Å². The molecule has 0 unspecified atom stereocenters. The minimum absolute atomic E-state index is 0.00808. The lowest BCUT2D eigenvalue weighted by molar-refractivity contribution is 0.00578. The molecule has 3 fully saturated rings. The number of carbonyl (C=O) groups is 2. The Morgan fingerprint density at radius 3 is 1.87 bits per heavy atom. The molecule has 0 radical (unpaired) electrons. The van der Waals surface area contributed by atoms with Crippen LogP contribution >= 0.6 is 11.6 Å². The SMILES string of the molecule is CC1(C)OB(c2ccc(C3CC3)nc2)OC1(C)C.COC(=O)c1cc(Cl)ncn1.O=C(O)c1cc(-c2ccc(C3CC3)nc2)ncn1. The Morgan fingerprint density at radius 1 is 0.809 bits per heavy atom. The number of nitrogens with zero attached hydrogens (tertiary/aromatic N) is 6. The van der Waals surface area contributed by atoms with Gasteiger partial charge in [-0.1, -0.05) is 17.7 Å². The predicted octanol–water partition coefficient (Wildman–Crippen LogP) is 5.29. The van der Waals surface area contributed by atoms with Crippen LogP contribution in [0.25, 0.3) is 11.3 Å². The summed E-state index contributed by atoms with van der Waals surface area (Å²) in [5.41, 5.74) is 4.29. The molecule has 3 aliphatic rings. The van der Waals surface area contributed by atoms with Crippen LogP contribution in [-0.4, -0.2) is 72.4 Å². The van der Waals surface area contributed by atoms with Crippen molar-refractivity contribution in [3.05, 3.63) is 89.4 Å². The van der Waals surface area contributed by atoms with Crippen molar-refractivity contribution in [3.63, 3.8) is 0 Å². The van der Waals surface area contributed by atoms with Gasteiger partial charge in [-0.05, 0) is 77.6 Å². The molecule has 47 heavy (non-hydrogen) atoms. The lowest BCUT2D eigenvalue weighted by Gasteiger charge is -2.32. The van der Waals surface area contributed by atoms with Gasteiger partial charge < -0.3 is 19.2 Å². The van der Waals surface area contributed by atoms with E-state index < -0.39 is 11.9 Å². The molecule has 4 aromatic heterocycles. The van der Waals surface area contributed by atoms with Crippen molar-refractivity contribution in [2.75, 3.05) is 7.11 Å². The second-order valence-electron chi connectivity index (χ2n) is 12.4. The van der Waals surface area contributed by atoms with Crippen LogP contribution in [0.1, 0.15) is 97.6 Å². The Morgan fingerprint density at radius 2 is 1.38 bits per heavy atom. The topological polar surface area (TPSA) is 159 Å². The fraction of sp³-hybridized carbons (Fsp3) is 0.394. The number of pyridine rings is 2. The number of aromatic carboxylic acids is 1. The van der Waals surface area contributed by atoms with Crippen LogP contribution in [0.3, 0.4) is 0 Å². The van der Waals surface area contributed by atoms with Gasteiger partial charge in [-0.15, -0.1) is 0 Å². The van der Waals surface area contributed by atoms with Crippen LogP contribution in [0.5, 0.6) is 0 Å². The van der Waals surface area contributed by atoms with Gasteiger partial charge in [0.25, 0.3) is 0 Å². The fourth-order valence-corrected chi connectivity index (χ4v) is 4.66. The smallest absolute Gasteiger partial charge is 0.477 e. The molecule has 14 heteroatoms. The summed E-state index contributed by atoms with van der Waals surface area (Å²) in [7, 11) is 0.981. The Bertz CT molecular complexity index is 1700. The van der Waals surface area contributed by atoms with Gasteiger partial charge in [0.1, 0.15) is 17.8 Å². The molecule has 0 amide bonds. The molecule has 1 aliphatic heterocycles. The summed E-state index contributed by atoms with van der Waals surface area (Å²) in [6.45, 7) is 8.27. The second kappa shape index (κ2) is 14.2. The van der Waals surface area contributed by atoms with E-state index >= 15 is 0 Å². The molecule has 12 nitrogen and oxygen atoms in total. The molecule has 244 valence electrons. The van der Waals surface area contributed by atoms with E-state index in [-0.39, 0.29) is 34.9 Å². The summed E-state index contributed by atoms with van der Waals surface area (Å²) >= 11 is 5.49. The van der Waals surface area contributed by atoms with Crippen LogP contribution < -0.4 is 5.46 Å². The van der Waals surface area contributed by atoms with Gasteiger partial charge in [0, 0.05) is 52.7 Å². The molecular formula is C33H36BClN6O6. The van der Waals surface area contributed by atoms with Crippen molar-refractivity contribution < 1.29 is 28.7 Å². The largest absolute Gasteiger partial charge is 0.496 e. The first-order valence-corrected chi connectivity index (χ1v) is 15.6. The van der Waals surface area contributed by atoms with Gasteiger partial charge in [-0.3, -0.25) is 9.97 Å². The number of rotatable bonds is 6. The Balaban J connectivity index is 0.000000143. The van der Waals surface area contributed by atoms with Crippen molar-refractivity contribution in [1.82, 2.24) is 29.9 Å². The number of esters is 1. The zero-order chi connectivity index (χ0) is 33.8. The molecular weight excluding hydrogens is 623 g/mol. The molecule has 1 saturated heterocycles. The van der Waals surface area contributed by atoms with Crippen molar-refractivity contribution >= 4 is 36.1 Å². The highest BCUT2D eigenvalue weighted by Gasteiger charge is 2.51. The zero-order valence-corrected chi connectivity index (χ0v) is 27.6. The summed E-state index contributed by atoms with van der Waals surface area (Å²) in [6.07, 6.45) is 11.1. The molecule has 0 bridgehead atoms. The van der Waals surface area contributed by atoms with Crippen LogP contribution in [-0.2, 0) is 14.0 Å². The highest BCUT2D eigenvalue weighted by Crippen LogP contribution is 2.40. The molecule has 1 N–H and O–H groups in total. The summed E-state index contributed by atoms with van der Waals surface area (Å²) in [5, 5.41) is 9.10. The average molecular weight is 659 g/mol. The van der Waals surface area contributed by atoms with Crippen LogP contribution in [0.4, 0.5) is 0 Å². The van der Waals surface area contributed by atoms with Gasteiger partial charge in [0.2, 0.25) is 0 Å². The summed E-state index contributed by atoms with van der Waals surface area (Å²) in [6, 6.07) is 10.9. The third-order valence-corrected chi connectivity index (χ3v) is 8.53. The van der Waals surface area contributed by atoms with Gasteiger partial charge in [0.05, 0.1) is 24.0 Å². The molecule has 0 spiro atoms. The van der Waals surface area contributed by atoms with Crippen LogP contribution in [0.15, 0.2) is 61.4 Å². The van der Waals surface area contributed by atoms with E-state index in [1.165, 1.54) is 63.3 Å². The average Bonchev–Trinajstić information content (AvgIpc) is 3.99. The molecule has 0 atom stereocenters. The minimum atomic E-state index is -1.05. The summed E-state index contributed by atoms with van der Waals surface area (Å²) < 4.78 is 16.4. The highest BCUT2D eigenvalue weighted by atomic mass is 35.5. The number of hydrogen-bond acceptors (Lipinski definition) is 11. The predicted molar refractivity (Wildman–Crippen MR) is 175 cm³/mol. The van der Waals surface area contributed by atoms with E-state index in [9.17, 15) is 9.59 Å². The molecule has 4 aromatic rings. The lowest BCUT2D eigenvalue weighted by Crippen LogP contribution is -2.41. The number of hydrogen-bond donors (Lipinski definition) is 1. The van der Waals surface area contributed by atoms with E-state index in [0.29, 0.717) is 17.5 Å². The third-order valence-electron chi connectivity index (χ3n) is 8.32. The molecule has 7 rings (SSSR count). The first-order valence-electron chi connectivity index (χ1n) is 15.3. The minimum Gasteiger partial charge on any atom is -0.477 e. The van der Waals surface area contributed by atoms with Gasteiger partial charge in [0.15, 0.2) is 11.4 Å². The lowest BCUT2D eigenvalue weighted by atomic mass is 9.80. The Hall–Kier alpha value is -4.33. The number of carboxylic acids is 1. The van der Waals surface area contributed by atoms with E-state index in [2.05, 4.69) is 74.5 Å². The molecule has 2 saturated carbocycles. The maximum Gasteiger partial charge on any atom is 0.496 e. The summed E-state index contributed by atoms with van der Waals surface area (Å²) in [4.78, 5) is 45.5. The van der Waals surface area contributed by atoms with Gasteiger partial charge in [-0.2, -0.15) is 0 Å². The number of ether oxygens (including phenoxy) is 1. The monoisotopic (exact) mass is 658 g/mol. The number of halogens is 1. The van der Waals surface area contributed by atoms with E-state index in [0.717, 1.165) is 16.7 Å². The van der Waals surface area contributed by atoms with Gasteiger partial charge >= 0.3 is 19.1 Å². The number of carbonyl (C=O) groups excluding carboxylic acids is 1. The van der Waals surface area contributed by atoms with Crippen molar-refractivity contribution in [3.8, 4) is 11.3 Å². The molecule has 5 heterocycles. The molecule has 0 aromatic carbocycles. The van der Waals surface area contributed by atoms with Crippen LogP contribution in [0, 0.1) is 0 Å². The first-order chi connectivity index (χ1) is 22.4. The van der Waals surface area contributed by atoms with E-state index in [4.69, 9.17) is 26.0 Å². The summed E-state index contributed by atoms with van der Waals surface area (Å²) in [5.74, 6) is -0.271. The quantitative estimate of drug-likeness (QED) is 0.162.